The second-order valence-corrected chi connectivity index (χ2v) is 5.16. The molecule has 2 aromatic rings. The van der Waals surface area contributed by atoms with Crippen molar-refractivity contribution < 1.29 is 0 Å². The minimum absolute atomic E-state index is 0.235. The van der Waals surface area contributed by atoms with Crippen LogP contribution < -0.4 is 5.73 Å². The van der Waals surface area contributed by atoms with Crippen LogP contribution in [0.4, 0.5) is 5.82 Å². The van der Waals surface area contributed by atoms with E-state index < -0.39 is 0 Å². The van der Waals surface area contributed by atoms with Crippen LogP contribution in [0.2, 0.25) is 0 Å². The Hall–Kier alpha value is -2.02. The van der Waals surface area contributed by atoms with Gasteiger partial charge in [-0.25, -0.2) is 15.0 Å². The van der Waals surface area contributed by atoms with Gasteiger partial charge in [-0.05, 0) is 32.4 Å². The summed E-state index contributed by atoms with van der Waals surface area (Å²) in [5.41, 5.74) is 5.71. The molecule has 0 aromatic carbocycles. The molecule has 1 saturated heterocycles. The Bertz CT molecular complexity index is 580. The van der Waals surface area contributed by atoms with E-state index in [4.69, 9.17) is 5.73 Å². The Morgan fingerprint density at radius 1 is 1.40 bits per heavy atom. The summed E-state index contributed by atoms with van der Waals surface area (Å²) in [6.45, 7) is 3.62. The number of aromatic nitrogens is 5. The SMILES string of the molecule is Cc1nc([C@@H]2CCCCN2Cc2nccc(N)n2)n[nH]1. The molecule has 1 aliphatic heterocycles. The molecule has 3 N–H and O–H groups in total. The lowest BCUT2D eigenvalue weighted by atomic mass is 10.0. The number of nitrogen functional groups attached to an aromatic ring is 1. The Balaban J connectivity index is 1.79. The molecule has 7 nitrogen and oxygen atoms in total. The maximum absolute atomic E-state index is 5.71. The third-order valence-electron chi connectivity index (χ3n) is 3.60. The standard InChI is InChI=1S/C13H19N7/c1-9-16-13(19-18-9)10-4-2-3-7-20(10)8-12-15-6-5-11(14)17-12/h5-6,10H,2-4,7-8H2,1H3,(H2,14,15,17)(H,16,18,19)/t10-/m0/s1. The van der Waals surface area contributed by atoms with Crippen LogP contribution in [0.3, 0.4) is 0 Å². The van der Waals surface area contributed by atoms with Gasteiger partial charge in [-0.1, -0.05) is 6.42 Å². The van der Waals surface area contributed by atoms with Gasteiger partial charge in [0.05, 0.1) is 12.6 Å². The van der Waals surface area contributed by atoms with Crippen molar-refractivity contribution in [1.29, 1.82) is 0 Å². The highest BCUT2D eigenvalue weighted by Crippen LogP contribution is 2.29. The molecule has 0 saturated carbocycles. The highest BCUT2D eigenvalue weighted by Gasteiger charge is 2.27. The van der Waals surface area contributed by atoms with Gasteiger partial charge >= 0.3 is 0 Å². The molecule has 3 rings (SSSR count). The van der Waals surface area contributed by atoms with E-state index in [1.54, 1.807) is 12.3 Å². The number of nitrogens with one attached hydrogen (secondary N) is 1. The molecular weight excluding hydrogens is 254 g/mol. The molecule has 20 heavy (non-hydrogen) atoms. The normalized spacial score (nSPS) is 20.1. The van der Waals surface area contributed by atoms with Gasteiger partial charge in [0.15, 0.2) is 5.82 Å². The molecule has 0 spiro atoms. The number of hydrogen-bond donors (Lipinski definition) is 2. The molecule has 2 aromatic heterocycles. The third-order valence-corrected chi connectivity index (χ3v) is 3.60. The molecular formula is C13H19N7. The van der Waals surface area contributed by atoms with Crippen LogP contribution >= 0.6 is 0 Å². The summed E-state index contributed by atoms with van der Waals surface area (Å²) < 4.78 is 0. The van der Waals surface area contributed by atoms with Crippen LogP contribution in [0.15, 0.2) is 12.3 Å². The molecule has 0 bridgehead atoms. The number of anilines is 1. The van der Waals surface area contributed by atoms with Gasteiger partial charge in [-0.3, -0.25) is 10.00 Å². The molecule has 0 amide bonds. The summed E-state index contributed by atoms with van der Waals surface area (Å²) in [6, 6.07) is 1.94. The first-order chi connectivity index (χ1) is 9.72. The van der Waals surface area contributed by atoms with Gasteiger partial charge < -0.3 is 5.73 Å². The Kier molecular flexibility index (Phi) is 3.60. The van der Waals surface area contributed by atoms with Crippen LogP contribution in [0, 0.1) is 6.92 Å². The number of hydrogen-bond acceptors (Lipinski definition) is 6. The minimum Gasteiger partial charge on any atom is -0.384 e. The van der Waals surface area contributed by atoms with E-state index in [2.05, 4.69) is 30.0 Å². The fraction of sp³-hybridized carbons (Fsp3) is 0.538. The molecule has 7 heteroatoms. The highest BCUT2D eigenvalue weighted by molar-refractivity contribution is 5.25. The number of aryl methyl sites for hydroxylation is 1. The van der Waals surface area contributed by atoms with Gasteiger partial charge in [0.25, 0.3) is 0 Å². The first kappa shape index (κ1) is 13.0. The minimum atomic E-state index is 0.235. The zero-order valence-corrected chi connectivity index (χ0v) is 11.6. The smallest absolute Gasteiger partial charge is 0.167 e. The van der Waals surface area contributed by atoms with Crippen LogP contribution in [0.5, 0.6) is 0 Å². The number of aromatic amines is 1. The lowest BCUT2D eigenvalue weighted by molar-refractivity contribution is 0.130. The zero-order chi connectivity index (χ0) is 13.9. The van der Waals surface area contributed by atoms with Crippen molar-refractivity contribution in [2.24, 2.45) is 0 Å². The maximum Gasteiger partial charge on any atom is 0.167 e. The van der Waals surface area contributed by atoms with Crippen molar-refractivity contribution in [3.8, 4) is 0 Å². The van der Waals surface area contributed by atoms with Crippen LogP contribution in [-0.2, 0) is 6.54 Å². The van der Waals surface area contributed by atoms with Gasteiger partial charge in [-0.15, -0.1) is 0 Å². The monoisotopic (exact) mass is 273 g/mol. The third kappa shape index (κ3) is 2.77. The predicted molar refractivity (Wildman–Crippen MR) is 74.6 cm³/mol. The van der Waals surface area contributed by atoms with E-state index in [9.17, 15) is 0 Å². The van der Waals surface area contributed by atoms with E-state index in [-0.39, 0.29) is 6.04 Å². The Labute approximate surface area is 117 Å². The van der Waals surface area contributed by atoms with Crippen molar-refractivity contribution in [3.63, 3.8) is 0 Å². The summed E-state index contributed by atoms with van der Waals surface area (Å²) in [5, 5.41) is 7.23. The predicted octanol–water partition coefficient (Wildman–Crippen LogP) is 1.21. The molecule has 1 atom stereocenters. The topological polar surface area (TPSA) is 96.6 Å². The fourth-order valence-electron chi connectivity index (χ4n) is 2.65. The number of nitrogens with zero attached hydrogens (tertiary/aromatic N) is 5. The van der Waals surface area contributed by atoms with Crippen LogP contribution in [0.1, 0.15) is 42.8 Å². The van der Waals surface area contributed by atoms with Crippen LogP contribution in [0.25, 0.3) is 0 Å². The quantitative estimate of drug-likeness (QED) is 0.872. The van der Waals surface area contributed by atoms with E-state index >= 15 is 0 Å². The van der Waals surface area contributed by atoms with Crippen LogP contribution in [-0.4, -0.2) is 36.6 Å². The maximum atomic E-state index is 5.71. The summed E-state index contributed by atoms with van der Waals surface area (Å²) in [7, 11) is 0. The number of likely N-dealkylation sites (tertiary alicyclic amines) is 1. The van der Waals surface area contributed by atoms with Gasteiger partial charge in [0, 0.05) is 6.20 Å². The van der Waals surface area contributed by atoms with Crippen molar-refractivity contribution in [1.82, 2.24) is 30.0 Å². The molecule has 0 radical (unpaired) electrons. The number of nitrogens with two attached hydrogens (primary N) is 1. The van der Waals surface area contributed by atoms with E-state index in [0.29, 0.717) is 12.4 Å². The zero-order valence-electron chi connectivity index (χ0n) is 11.6. The first-order valence-electron chi connectivity index (χ1n) is 6.93. The fourth-order valence-corrected chi connectivity index (χ4v) is 2.65. The summed E-state index contributed by atoms with van der Waals surface area (Å²) in [5.74, 6) is 2.98. The van der Waals surface area contributed by atoms with Gasteiger partial charge in [-0.2, -0.15) is 5.10 Å². The largest absolute Gasteiger partial charge is 0.384 e. The Morgan fingerprint density at radius 2 is 2.30 bits per heavy atom. The van der Waals surface area contributed by atoms with Gasteiger partial charge in [0.2, 0.25) is 0 Å². The lowest BCUT2D eigenvalue weighted by Gasteiger charge is -2.33. The number of H-pyrrole nitrogens is 1. The lowest BCUT2D eigenvalue weighted by Crippen LogP contribution is -2.34. The van der Waals surface area contributed by atoms with Crippen molar-refractivity contribution >= 4 is 5.82 Å². The second-order valence-electron chi connectivity index (χ2n) is 5.16. The molecule has 106 valence electrons. The Morgan fingerprint density at radius 3 is 3.05 bits per heavy atom. The average molecular weight is 273 g/mol. The number of rotatable bonds is 3. The summed E-state index contributed by atoms with van der Waals surface area (Å²) >= 11 is 0. The summed E-state index contributed by atoms with van der Waals surface area (Å²) in [4.78, 5) is 15.4. The van der Waals surface area contributed by atoms with E-state index in [1.165, 1.54) is 12.8 Å². The van der Waals surface area contributed by atoms with Gasteiger partial charge in [0.1, 0.15) is 17.5 Å². The molecule has 0 aliphatic carbocycles. The molecule has 1 fully saturated rings. The van der Waals surface area contributed by atoms with E-state index in [1.807, 2.05) is 6.92 Å². The molecule has 3 heterocycles. The second kappa shape index (κ2) is 5.54. The first-order valence-corrected chi connectivity index (χ1v) is 6.93. The molecule has 0 unspecified atom stereocenters. The molecule has 1 aliphatic rings. The van der Waals surface area contributed by atoms with Crippen molar-refractivity contribution in [3.05, 3.63) is 29.7 Å². The van der Waals surface area contributed by atoms with Crippen molar-refractivity contribution in [2.75, 3.05) is 12.3 Å². The average Bonchev–Trinajstić information content (AvgIpc) is 2.86. The number of piperidine rings is 1. The van der Waals surface area contributed by atoms with Crippen molar-refractivity contribution in [2.45, 2.75) is 38.8 Å². The summed E-state index contributed by atoms with van der Waals surface area (Å²) in [6.07, 6.45) is 5.15. The highest BCUT2D eigenvalue weighted by atomic mass is 15.3. The van der Waals surface area contributed by atoms with E-state index in [0.717, 1.165) is 30.4 Å².